The Labute approximate surface area is 259 Å². The van der Waals surface area contributed by atoms with E-state index in [9.17, 15) is 5.11 Å². The maximum atomic E-state index is 9.19. The van der Waals surface area contributed by atoms with Crippen molar-refractivity contribution < 1.29 is 5.11 Å². The molecule has 2 aliphatic carbocycles. The molecule has 0 bridgehead atoms. The van der Waals surface area contributed by atoms with Crippen molar-refractivity contribution in [3.8, 4) is 0 Å². The summed E-state index contributed by atoms with van der Waals surface area (Å²) in [4.78, 5) is 15.0. The van der Waals surface area contributed by atoms with Crippen LogP contribution in [0.2, 0.25) is 0 Å². The van der Waals surface area contributed by atoms with E-state index in [0.717, 1.165) is 88.3 Å². The van der Waals surface area contributed by atoms with Crippen molar-refractivity contribution in [1.29, 1.82) is 0 Å². The van der Waals surface area contributed by atoms with Crippen LogP contribution in [-0.2, 0) is 0 Å². The fourth-order valence-corrected chi connectivity index (χ4v) is 7.54. The molecule has 0 spiro atoms. The first-order valence-corrected chi connectivity index (χ1v) is 16.3. The Hall–Kier alpha value is -3.58. The zero-order chi connectivity index (χ0) is 29.3. The molecule has 6 aromatic rings. The number of fused-ring (bicyclic) bond motifs is 6. The summed E-state index contributed by atoms with van der Waals surface area (Å²) in [6, 6.07) is 4.10. The number of hydrogen-bond donors (Lipinski definition) is 4. The number of thiocarbonyl (C=S) groups is 1. The van der Waals surface area contributed by atoms with Crippen LogP contribution in [0.1, 0.15) is 87.4 Å². The van der Waals surface area contributed by atoms with Gasteiger partial charge in [0.1, 0.15) is 35.0 Å². The Kier molecular flexibility index (Phi) is 8.00. The van der Waals surface area contributed by atoms with Crippen LogP contribution in [0.5, 0.6) is 0 Å². The molecule has 0 aliphatic heterocycles. The fraction of sp³-hybridized carbons (Fsp3) is 0.500. The molecule has 2 aliphatic rings. The van der Waals surface area contributed by atoms with E-state index in [2.05, 4.69) is 59.3 Å². The molecule has 8 rings (SSSR count). The summed E-state index contributed by atoms with van der Waals surface area (Å²) in [6.45, 7) is 0. The Morgan fingerprint density at radius 1 is 0.791 bits per heavy atom. The van der Waals surface area contributed by atoms with E-state index >= 15 is 0 Å². The van der Waals surface area contributed by atoms with Gasteiger partial charge in [0.05, 0.1) is 11.4 Å². The predicted molar refractivity (Wildman–Crippen MR) is 173 cm³/mol. The molecular weight excluding hydrogens is 581 g/mol. The number of aromatic nitrogens is 10. The molecule has 0 saturated heterocycles. The molecule has 0 amide bonds. The Morgan fingerprint density at radius 2 is 1.28 bits per heavy atom. The smallest absolute Gasteiger partial charge is 0.156 e. The van der Waals surface area contributed by atoms with Crippen LogP contribution >= 0.6 is 24.8 Å². The summed E-state index contributed by atoms with van der Waals surface area (Å²) < 4.78 is 3.58. The number of hydrogen-bond acceptors (Lipinski definition) is 8. The first-order chi connectivity index (χ1) is 21.1. The highest BCUT2D eigenvalue weighted by Crippen LogP contribution is 2.40. The van der Waals surface area contributed by atoms with Gasteiger partial charge in [0.2, 0.25) is 0 Å². The van der Waals surface area contributed by atoms with Crippen LogP contribution < -0.4 is 0 Å². The third-order valence-corrected chi connectivity index (χ3v) is 10.2. The van der Waals surface area contributed by atoms with E-state index in [1.165, 1.54) is 25.7 Å². The normalized spacial score (nSPS) is 22.7. The van der Waals surface area contributed by atoms with Gasteiger partial charge in [-0.3, -0.25) is 0 Å². The maximum Gasteiger partial charge on any atom is 0.156 e. The lowest BCUT2D eigenvalue weighted by atomic mass is 9.78. The van der Waals surface area contributed by atoms with E-state index in [-0.39, 0.29) is 5.05 Å². The van der Waals surface area contributed by atoms with Crippen LogP contribution in [0, 0.1) is 11.8 Å². The topological polar surface area (TPSA) is 138 Å². The second-order valence-electron chi connectivity index (χ2n) is 12.1. The average molecular weight is 617 g/mol. The molecule has 0 aromatic carbocycles. The summed E-state index contributed by atoms with van der Waals surface area (Å²) in [5.41, 5.74) is 6.21. The molecule has 0 unspecified atom stereocenters. The number of aliphatic hydroxyl groups is 1. The third-order valence-electron chi connectivity index (χ3n) is 9.49. The lowest BCUT2D eigenvalue weighted by Gasteiger charge is -2.27. The summed E-state index contributed by atoms with van der Waals surface area (Å²) in [5, 5.41) is 28.9. The van der Waals surface area contributed by atoms with E-state index in [0.29, 0.717) is 24.2 Å². The molecule has 6 heterocycles. The van der Waals surface area contributed by atoms with Crippen LogP contribution in [0.3, 0.4) is 0 Å². The molecule has 3 N–H and O–H groups in total. The van der Waals surface area contributed by atoms with Crippen molar-refractivity contribution in [3.05, 3.63) is 48.6 Å². The molecule has 0 radical (unpaired) electrons. The van der Waals surface area contributed by atoms with Crippen molar-refractivity contribution in [2.75, 3.05) is 5.75 Å². The van der Waals surface area contributed by atoms with Crippen LogP contribution in [-0.4, -0.2) is 65.5 Å². The van der Waals surface area contributed by atoms with Crippen molar-refractivity contribution in [1.82, 2.24) is 49.6 Å². The minimum atomic E-state index is 0.138. The van der Waals surface area contributed by atoms with Crippen molar-refractivity contribution in [2.24, 2.45) is 11.8 Å². The number of aliphatic hydroxyl groups excluding tert-OH is 1. The van der Waals surface area contributed by atoms with Crippen LogP contribution in [0.4, 0.5) is 0 Å². The van der Waals surface area contributed by atoms with Crippen LogP contribution in [0.25, 0.3) is 33.1 Å². The van der Waals surface area contributed by atoms with Crippen molar-refractivity contribution >= 4 is 63.0 Å². The maximum absolute atomic E-state index is 9.19. The molecule has 2 saturated carbocycles. The van der Waals surface area contributed by atoms with E-state index in [1.54, 1.807) is 21.7 Å². The number of thiol groups is 1. The number of nitrogens with one attached hydrogen (secondary N) is 2. The van der Waals surface area contributed by atoms with Crippen LogP contribution in [0.15, 0.2) is 37.2 Å². The van der Waals surface area contributed by atoms with Gasteiger partial charge in [-0.05, 0) is 99.7 Å². The third kappa shape index (κ3) is 5.60. The fourth-order valence-electron chi connectivity index (χ4n) is 7.06. The largest absolute Gasteiger partial charge is 0.502 e. The van der Waals surface area contributed by atoms with Gasteiger partial charge in [-0.25, -0.2) is 19.0 Å². The Bertz CT molecular complexity index is 1860. The molecule has 11 nitrogen and oxygen atoms in total. The molecule has 2 fully saturated rings. The number of H-pyrrole nitrogens is 2. The minimum absolute atomic E-state index is 0.138. The molecule has 6 aromatic heterocycles. The van der Waals surface area contributed by atoms with Gasteiger partial charge in [-0.1, -0.05) is 10.4 Å². The highest BCUT2D eigenvalue weighted by molar-refractivity contribution is 7.80. The Morgan fingerprint density at radius 3 is 1.74 bits per heavy atom. The number of aromatic amines is 2. The lowest BCUT2D eigenvalue weighted by Crippen LogP contribution is -2.15. The van der Waals surface area contributed by atoms with E-state index in [4.69, 9.17) is 12.2 Å². The average Bonchev–Trinajstić information content (AvgIpc) is 3.85. The summed E-state index contributed by atoms with van der Waals surface area (Å²) in [6.07, 6.45) is 18.4. The molecule has 224 valence electrons. The molecule has 13 heteroatoms. The molecule has 43 heavy (non-hydrogen) atoms. The zero-order valence-corrected chi connectivity index (χ0v) is 25.6. The summed E-state index contributed by atoms with van der Waals surface area (Å²) >= 11 is 9.19. The van der Waals surface area contributed by atoms with Gasteiger partial charge in [0, 0.05) is 41.4 Å². The number of rotatable bonds is 6. The molecular formula is C30H36N10OS2. The van der Waals surface area contributed by atoms with Gasteiger partial charge in [0.25, 0.3) is 0 Å². The molecule has 0 atom stereocenters. The van der Waals surface area contributed by atoms with Crippen molar-refractivity contribution in [2.45, 2.75) is 76.0 Å². The summed E-state index contributed by atoms with van der Waals surface area (Å²) in [7, 11) is 0. The van der Waals surface area contributed by atoms with Gasteiger partial charge in [-0.2, -0.15) is 12.6 Å². The monoisotopic (exact) mass is 616 g/mol. The SMILES string of the molecule is OC(=S)CC[C@H]1CC[C@H](c2nnn3cnc4[nH]ccc4c23)CC1.SC[C@H]1CC[C@H](c2nnn3cnc4[nH]ccc4c23)CC1. The van der Waals surface area contributed by atoms with Gasteiger partial charge < -0.3 is 15.1 Å². The standard InChI is InChI=1S/C16H19N5OS.C14H17N5S/c22-13(23)6-3-10-1-4-11(5-2-10)14-15-12-7-8-17-16(12)18-9-21(15)20-19-14;20-7-9-1-3-10(4-2-9)12-13-11-5-6-15-14(11)16-8-19(13)18-17-12/h7-11,17H,1-6H2,(H,22,23);5-6,8-10,15,20H,1-4,7H2/t10-,11-;9-,10-. The van der Waals surface area contributed by atoms with Crippen molar-refractivity contribution in [3.63, 3.8) is 0 Å². The first-order valence-electron chi connectivity index (χ1n) is 15.3. The van der Waals surface area contributed by atoms with Gasteiger partial charge in [-0.15, -0.1) is 10.2 Å². The van der Waals surface area contributed by atoms with Gasteiger partial charge >= 0.3 is 0 Å². The van der Waals surface area contributed by atoms with E-state index in [1.807, 2.05) is 18.5 Å². The minimum Gasteiger partial charge on any atom is -0.502 e. The highest BCUT2D eigenvalue weighted by atomic mass is 32.1. The second-order valence-corrected chi connectivity index (χ2v) is 12.9. The zero-order valence-electron chi connectivity index (χ0n) is 23.9. The number of nitrogens with zero attached hydrogens (tertiary/aromatic N) is 8. The van der Waals surface area contributed by atoms with E-state index < -0.39 is 0 Å². The second kappa shape index (κ2) is 12.2. The predicted octanol–water partition coefficient (Wildman–Crippen LogP) is 6.35. The quantitative estimate of drug-likeness (QED) is 0.125. The Balaban J connectivity index is 0.000000141. The lowest BCUT2D eigenvalue weighted by molar-refractivity contribution is 0.308. The first kappa shape index (κ1) is 28.2. The summed E-state index contributed by atoms with van der Waals surface area (Å²) in [5.74, 6) is 3.40. The van der Waals surface area contributed by atoms with Gasteiger partial charge in [0.15, 0.2) is 5.05 Å². The highest BCUT2D eigenvalue weighted by Gasteiger charge is 2.28.